The fourth-order valence-corrected chi connectivity index (χ4v) is 14.8. The summed E-state index contributed by atoms with van der Waals surface area (Å²) in [5, 5.41) is 124. The monoisotopic (exact) mass is 1700 g/mol. The number of aromatic nitrogens is 8. The Hall–Kier alpha value is -18.0. The first-order valence-corrected chi connectivity index (χ1v) is 39.0. The van der Waals surface area contributed by atoms with Crippen molar-refractivity contribution < 1.29 is 72.7 Å². The number of hydrogen-bond donors (Lipinski definition) is 6. The predicted molar refractivity (Wildman–Crippen MR) is 465 cm³/mol. The standard InChI is InChI=1S/C20H13N3O3S.2C20H11N3O3S.2C16H9N3O3/c21-11-15(20(24)25)10-17-7-8-19(27-17)18-12-23(26-22-18)16-6-5-13-3-1-2-4-14(13)9-16;21-11-15(20(24)25)10-16-7-8-17(27-16)18-22-19(26-23-18)14-6-5-12-3-1-2-4-13(12)9-14;21-11-15(20(24)25)10-16-7-8-17(27-16)19-18(22-26-23-19)14-6-5-12-3-1-2-4-13(12)9-14;17-9-13(16(20)21)8-14-18-15(22-19-14)12-6-5-10-3-1-2-4-11(10)7-12;17-9-13(16(20)21)8-14-15(19-22-18-14)12-6-5-10-3-1-2-4-11(10)7-12/h1-10,12,22H,(H,24,25);2*1-10H,(H,24,25);2*1-8H,(H,20,21)/b3*15-10+;2*13-8+. The fourth-order valence-electron chi connectivity index (χ4n) is 12.1. The van der Waals surface area contributed by atoms with Gasteiger partial charge in [0.05, 0.1) is 32.2 Å². The quantitative estimate of drug-likeness (QED) is 0.0343. The molecule has 0 saturated carbocycles. The van der Waals surface area contributed by atoms with Crippen molar-refractivity contribution in [3.05, 3.63) is 314 Å². The lowest BCUT2D eigenvalue weighted by Crippen LogP contribution is -2.16. The number of nitriles is 5. The molecule has 0 unspecified atom stereocenters. The minimum absolute atomic E-state index is 0.0436. The van der Waals surface area contributed by atoms with Crippen molar-refractivity contribution in [2.75, 3.05) is 5.06 Å². The van der Waals surface area contributed by atoms with Crippen LogP contribution in [0.1, 0.15) is 31.0 Å². The molecule has 7 aromatic heterocycles. The zero-order valence-electron chi connectivity index (χ0n) is 63.9. The zero-order chi connectivity index (χ0) is 87.5. The van der Waals surface area contributed by atoms with E-state index in [4.69, 9.17) is 75.1 Å². The zero-order valence-corrected chi connectivity index (χ0v) is 66.4. The van der Waals surface area contributed by atoms with Gasteiger partial charge in [-0.15, -0.1) is 34.0 Å². The third-order valence-electron chi connectivity index (χ3n) is 18.2. The SMILES string of the molecule is N#C/C(=C\c1ccc(-c2noc(-c3ccc4ccccc4c3)n2)s1)C(=O)O.N#C/C(=C\c1ccc(-c2nonc2-c2ccc3ccccc3c2)s1)C(=O)O.N#C/C(=C\c1ccc(C2=CN(c3ccc4ccccc4c3)ON2)s1)C(=O)O.N#C/C(=C\c1noc(-c2ccc3ccccc3c2)n1)C(=O)O.N#C/C(=C\c1nonc1-c1ccc2ccccc2c1)C(=O)O. The Labute approximate surface area is 716 Å². The van der Waals surface area contributed by atoms with Crippen LogP contribution in [-0.2, 0) is 28.9 Å². The summed E-state index contributed by atoms with van der Waals surface area (Å²) in [6.45, 7) is 0. The maximum absolute atomic E-state index is 11.0. The van der Waals surface area contributed by atoms with Gasteiger partial charge in [-0.25, -0.2) is 43.8 Å². The second-order valence-corrected chi connectivity index (χ2v) is 29.5. The molecule has 8 heterocycles. The second-order valence-electron chi connectivity index (χ2n) is 26.2. The molecule has 18 rings (SSSR count). The van der Waals surface area contributed by atoms with Crippen LogP contribution in [0, 0.1) is 56.7 Å². The number of nitrogens with zero attached hydrogens (tertiary/aromatic N) is 14. The molecule has 125 heavy (non-hydrogen) atoms. The fraction of sp³-hybridized carbons (Fsp3) is 0. The van der Waals surface area contributed by atoms with Gasteiger partial charge >= 0.3 is 29.8 Å². The van der Waals surface area contributed by atoms with E-state index in [1.165, 1.54) is 52.2 Å². The molecule has 6 N–H and O–H groups in total. The van der Waals surface area contributed by atoms with Gasteiger partial charge in [0.2, 0.25) is 5.82 Å². The number of rotatable bonds is 18. The maximum Gasteiger partial charge on any atom is 0.346 e. The summed E-state index contributed by atoms with van der Waals surface area (Å²) in [5.74, 6) is -5.29. The van der Waals surface area contributed by atoms with Crippen LogP contribution < -0.4 is 10.5 Å². The van der Waals surface area contributed by atoms with E-state index in [1.807, 2.05) is 219 Å². The second kappa shape index (κ2) is 38.6. The molecular formula is C92H53N15O15S3. The molecule has 0 aliphatic carbocycles. The largest absolute Gasteiger partial charge is 0.477 e. The van der Waals surface area contributed by atoms with E-state index in [2.05, 4.69) is 52.5 Å². The lowest BCUT2D eigenvalue weighted by atomic mass is 10.0. The van der Waals surface area contributed by atoms with Crippen LogP contribution in [-0.4, -0.2) is 96.3 Å². The van der Waals surface area contributed by atoms with Crippen molar-refractivity contribution in [3.8, 4) is 97.0 Å². The highest BCUT2D eigenvalue weighted by molar-refractivity contribution is 7.16. The molecule has 0 amide bonds. The molecule has 0 atom stereocenters. The van der Waals surface area contributed by atoms with Crippen molar-refractivity contribution in [2.45, 2.75) is 0 Å². The number of nitrogens with one attached hydrogen (secondary N) is 1. The number of aliphatic carboxylic acids is 5. The molecule has 0 saturated heterocycles. The first-order chi connectivity index (χ1) is 60.8. The smallest absolute Gasteiger partial charge is 0.346 e. The van der Waals surface area contributed by atoms with Gasteiger partial charge < -0.3 is 34.6 Å². The minimum Gasteiger partial charge on any atom is -0.477 e. The van der Waals surface area contributed by atoms with Crippen LogP contribution in [0.3, 0.4) is 0 Å². The highest BCUT2D eigenvalue weighted by Crippen LogP contribution is 2.38. The van der Waals surface area contributed by atoms with E-state index in [9.17, 15) is 24.0 Å². The average Bonchev–Trinajstić information content (AvgIpc) is 1.68. The van der Waals surface area contributed by atoms with Gasteiger partial charge in [0, 0.05) is 43.0 Å². The molecule has 0 radical (unpaired) electrons. The van der Waals surface area contributed by atoms with Gasteiger partial charge in [0.1, 0.15) is 75.3 Å². The molecule has 1 aliphatic heterocycles. The third-order valence-corrected chi connectivity index (χ3v) is 21.3. The number of anilines is 1. The molecule has 604 valence electrons. The van der Waals surface area contributed by atoms with Crippen LogP contribution in [0.15, 0.2) is 301 Å². The van der Waals surface area contributed by atoms with E-state index in [0.717, 1.165) is 114 Å². The highest BCUT2D eigenvalue weighted by Gasteiger charge is 2.23. The summed E-state index contributed by atoms with van der Waals surface area (Å²) in [5.41, 5.74) is 7.59. The van der Waals surface area contributed by atoms with Gasteiger partial charge in [-0.2, -0.15) is 41.2 Å². The number of thiophene rings is 3. The van der Waals surface area contributed by atoms with Crippen LogP contribution >= 0.6 is 34.0 Å². The van der Waals surface area contributed by atoms with Crippen LogP contribution in [0.5, 0.6) is 0 Å². The summed E-state index contributed by atoms with van der Waals surface area (Å²) in [6.07, 6.45) is 8.04. The Morgan fingerprint density at radius 2 is 0.704 bits per heavy atom. The van der Waals surface area contributed by atoms with E-state index >= 15 is 0 Å². The summed E-state index contributed by atoms with van der Waals surface area (Å²) < 4.78 is 20.2. The van der Waals surface area contributed by atoms with Gasteiger partial charge in [0.25, 0.3) is 11.8 Å². The molecule has 0 bridgehead atoms. The molecule has 10 aromatic carbocycles. The number of hydrogen-bond acceptors (Lipinski definition) is 28. The summed E-state index contributed by atoms with van der Waals surface area (Å²) in [6, 6.07) is 87.8. The summed E-state index contributed by atoms with van der Waals surface area (Å²) >= 11 is 3.96. The first kappa shape index (κ1) is 83.5. The van der Waals surface area contributed by atoms with E-state index < -0.39 is 41.0 Å². The lowest BCUT2D eigenvalue weighted by Gasteiger charge is -2.13. The van der Waals surface area contributed by atoms with Crippen molar-refractivity contribution >= 4 is 159 Å². The normalized spacial score (nSPS) is 11.9. The first-order valence-electron chi connectivity index (χ1n) is 36.6. The van der Waals surface area contributed by atoms with E-state index in [0.29, 0.717) is 43.4 Å². The molecule has 33 heteroatoms. The van der Waals surface area contributed by atoms with Crippen LogP contribution in [0.4, 0.5) is 5.69 Å². The molecular weight excluding hydrogens is 1650 g/mol. The highest BCUT2D eigenvalue weighted by atomic mass is 32.1. The van der Waals surface area contributed by atoms with Gasteiger partial charge in [-0.05, 0) is 184 Å². The number of carbonyl (C=O) groups is 5. The molecule has 0 spiro atoms. The number of carboxylic acids is 5. The Balaban J connectivity index is 0.000000127. The molecule has 1 aliphatic rings. The lowest BCUT2D eigenvalue weighted by molar-refractivity contribution is -0.133. The number of carboxylic acid groups (broad SMARTS) is 5. The van der Waals surface area contributed by atoms with Gasteiger partial charge in [-0.3, -0.25) is 0 Å². The Morgan fingerprint density at radius 1 is 0.344 bits per heavy atom. The number of hydroxylamine groups is 2. The topological polar surface area (TPSA) is 486 Å². The maximum atomic E-state index is 11.0. The summed E-state index contributed by atoms with van der Waals surface area (Å²) in [4.78, 5) is 72.9. The van der Waals surface area contributed by atoms with E-state index in [-0.39, 0.29) is 34.1 Å². The molecule has 0 fully saturated rings. The Bertz CT molecular complexity index is 7510. The van der Waals surface area contributed by atoms with Crippen LogP contribution in [0.2, 0.25) is 0 Å². The third kappa shape index (κ3) is 20.2. The summed E-state index contributed by atoms with van der Waals surface area (Å²) in [7, 11) is 0. The van der Waals surface area contributed by atoms with Crippen molar-refractivity contribution in [3.63, 3.8) is 0 Å². The number of fused-ring (bicyclic) bond motifs is 5. The average molecular weight is 1700 g/mol. The van der Waals surface area contributed by atoms with Crippen LogP contribution in [0.25, 0.3) is 157 Å². The molecule has 17 aromatic rings. The minimum atomic E-state index is -1.33. The van der Waals surface area contributed by atoms with E-state index in [1.54, 1.807) is 65.7 Å². The van der Waals surface area contributed by atoms with Gasteiger partial charge in [0.15, 0.2) is 11.5 Å². The van der Waals surface area contributed by atoms with Gasteiger partial charge in [-0.1, -0.05) is 174 Å². The molecule has 30 nitrogen and oxygen atoms in total. The Morgan fingerprint density at radius 3 is 1.18 bits per heavy atom. The van der Waals surface area contributed by atoms with Crippen molar-refractivity contribution in [1.82, 2.24) is 46.4 Å². The predicted octanol–water partition coefficient (Wildman–Crippen LogP) is 19.1. The number of benzene rings is 10. The van der Waals surface area contributed by atoms with Crippen molar-refractivity contribution in [2.24, 2.45) is 0 Å². The van der Waals surface area contributed by atoms with Crippen molar-refractivity contribution in [1.29, 1.82) is 26.3 Å². The Kier molecular flexibility index (Phi) is 25.8.